The number of carbonyl (C=O) groups is 1. The molecule has 5 aliphatic rings. The zero-order valence-corrected chi connectivity index (χ0v) is 32.5. The predicted molar refractivity (Wildman–Crippen MR) is 210 cm³/mol. The highest BCUT2D eigenvalue weighted by molar-refractivity contribution is 5.95. The highest BCUT2D eigenvalue weighted by atomic mass is 19.1. The summed E-state index contributed by atoms with van der Waals surface area (Å²) in [5.41, 5.74) is 2.07. The highest BCUT2D eigenvalue weighted by Crippen LogP contribution is 2.66. The van der Waals surface area contributed by atoms with Gasteiger partial charge in [0.05, 0.1) is 28.9 Å². The minimum Gasteiger partial charge on any atom is -0.393 e. The van der Waals surface area contributed by atoms with E-state index in [-0.39, 0.29) is 23.1 Å². The van der Waals surface area contributed by atoms with Crippen LogP contribution in [0.5, 0.6) is 0 Å². The van der Waals surface area contributed by atoms with Crippen molar-refractivity contribution in [3.63, 3.8) is 0 Å². The molecule has 8 nitrogen and oxygen atoms in total. The number of piperazine rings is 1. The lowest BCUT2D eigenvalue weighted by Crippen LogP contribution is -2.54. The predicted octanol–water partition coefficient (Wildman–Crippen LogP) is 7.76. The first-order chi connectivity index (χ1) is 26.1. The van der Waals surface area contributed by atoms with E-state index >= 15 is 0 Å². The van der Waals surface area contributed by atoms with E-state index in [9.17, 15) is 19.1 Å². The Morgan fingerprint density at radius 3 is 2.50 bits per heavy atom. The number of hydrogen-bond acceptors (Lipinski definition) is 6. The number of nitrogens with one attached hydrogen (secondary N) is 1. The van der Waals surface area contributed by atoms with Crippen molar-refractivity contribution in [2.75, 3.05) is 39.3 Å². The number of amides is 1. The Bertz CT molecular complexity index is 1860. The van der Waals surface area contributed by atoms with Crippen LogP contribution in [-0.4, -0.2) is 82.5 Å². The summed E-state index contributed by atoms with van der Waals surface area (Å²) in [6.45, 7) is 9.81. The van der Waals surface area contributed by atoms with Gasteiger partial charge in [-0.2, -0.15) is 5.10 Å². The van der Waals surface area contributed by atoms with Crippen LogP contribution in [0.4, 0.5) is 4.39 Å². The number of fused-ring (bicyclic) bond motifs is 6. The Morgan fingerprint density at radius 1 is 0.907 bits per heavy atom. The Labute approximate surface area is 320 Å². The minimum atomic E-state index is -0.512. The fraction of sp³-hybridized carbons (Fsp3) is 0.667. The number of aliphatic hydroxyl groups is 1. The maximum atomic E-state index is 15.0. The van der Waals surface area contributed by atoms with Gasteiger partial charge in [-0.05, 0) is 135 Å². The average Bonchev–Trinajstić information content (AvgIpc) is 3.52. The van der Waals surface area contributed by atoms with Gasteiger partial charge in [0.25, 0.3) is 11.5 Å². The Hall–Kier alpha value is -3.14. The molecule has 1 aliphatic heterocycles. The molecule has 2 aromatic carbocycles. The number of unbranched alkanes of at least 4 members (excludes halogenated alkanes) is 3. The number of hydrogen-bond donors (Lipinski definition) is 2. The number of rotatable bonds is 11. The fourth-order valence-corrected chi connectivity index (χ4v) is 12.2. The number of halogens is 1. The molecular formula is C45H61FN4O4. The number of aromatic nitrogens is 2. The standard InChI is InChI=1S/C45H61FN4O4/c1-44-19-17-32(51)29-31(44)12-13-35-37-14-16-41(45(37,2)20-18-38(35)44)54-26-8-4-3-7-21-49-22-24-50(25-23-49)43(53)36-27-30(11-15-39(36)46)28-40-33-9-5-6-10-34(33)42(52)48-47-40/h5-6,9-11,15,27,31-32,35,37-38,41,51H,3-4,7-8,12-14,16-26,28-29H2,1-2H3,(H,48,52)/t31-,32?,35-,37-,38-,41-,44-,45-/m0/s1. The molecule has 8 atom stereocenters. The molecule has 4 aliphatic carbocycles. The maximum Gasteiger partial charge on any atom is 0.272 e. The van der Waals surface area contributed by atoms with Gasteiger partial charge in [-0.25, -0.2) is 9.49 Å². The van der Waals surface area contributed by atoms with Crippen molar-refractivity contribution in [3.05, 3.63) is 75.5 Å². The van der Waals surface area contributed by atoms with Crippen molar-refractivity contribution >= 4 is 16.7 Å². The SMILES string of the molecule is C[C@]12CCC(O)C[C@@H]1CC[C@@H]1[C@@H]2CC[C@]2(C)[C@@H](OCCCCCCN3CCN(C(=O)c4cc(Cc5n[nH]c(=O)c6ccccc56)ccc4F)CC3)CC[C@@H]12. The maximum absolute atomic E-state index is 15.0. The molecule has 0 bridgehead atoms. The molecule has 2 N–H and O–H groups in total. The van der Waals surface area contributed by atoms with Crippen molar-refractivity contribution in [3.8, 4) is 0 Å². The second-order valence-electron chi connectivity index (χ2n) is 18.2. The van der Waals surface area contributed by atoms with Gasteiger partial charge in [-0.15, -0.1) is 0 Å². The van der Waals surface area contributed by atoms with Crippen LogP contribution in [0, 0.1) is 40.3 Å². The Kier molecular flexibility index (Phi) is 11.0. The van der Waals surface area contributed by atoms with Gasteiger partial charge in [0.15, 0.2) is 0 Å². The lowest BCUT2D eigenvalue weighted by molar-refractivity contribution is -0.141. The molecule has 1 unspecified atom stereocenters. The first-order valence-corrected chi connectivity index (χ1v) is 21.2. The highest BCUT2D eigenvalue weighted by Gasteiger charge is 2.60. The fourth-order valence-electron chi connectivity index (χ4n) is 12.2. The first-order valence-electron chi connectivity index (χ1n) is 21.2. The lowest BCUT2D eigenvalue weighted by Gasteiger charge is -2.60. The summed E-state index contributed by atoms with van der Waals surface area (Å²) in [6, 6.07) is 12.0. The normalized spacial score (nSPS) is 32.6. The molecule has 4 saturated carbocycles. The number of aromatic amines is 1. The molecule has 0 radical (unpaired) electrons. The molecule has 292 valence electrons. The molecule has 0 spiro atoms. The van der Waals surface area contributed by atoms with Crippen molar-refractivity contribution in [2.24, 2.45) is 34.5 Å². The van der Waals surface area contributed by atoms with E-state index in [2.05, 4.69) is 28.9 Å². The van der Waals surface area contributed by atoms with E-state index in [4.69, 9.17) is 4.74 Å². The molecule has 54 heavy (non-hydrogen) atoms. The zero-order chi connectivity index (χ0) is 37.5. The van der Waals surface area contributed by atoms with Crippen LogP contribution in [0.2, 0.25) is 0 Å². The third kappa shape index (κ3) is 7.30. The molecular weight excluding hydrogens is 680 g/mol. The van der Waals surface area contributed by atoms with Crippen LogP contribution in [-0.2, 0) is 11.2 Å². The molecule has 5 fully saturated rings. The van der Waals surface area contributed by atoms with Crippen LogP contribution >= 0.6 is 0 Å². The Balaban J connectivity index is 0.743. The summed E-state index contributed by atoms with van der Waals surface area (Å²) in [5.74, 6) is 2.43. The Morgan fingerprint density at radius 2 is 1.67 bits per heavy atom. The second-order valence-corrected chi connectivity index (χ2v) is 18.2. The third-order valence-electron chi connectivity index (χ3n) is 15.3. The summed E-state index contributed by atoms with van der Waals surface area (Å²) in [4.78, 5) is 29.9. The van der Waals surface area contributed by atoms with Gasteiger partial charge < -0.3 is 14.7 Å². The lowest BCUT2D eigenvalue weighted by atomic mass is 9.45. The van der Waals surface area contributed by atoms with Crippen molar-refractivity contribution in [2.45, 2.75) is 116 Å². The van der Waals surface area contributed by atoms with E-state index < -0.39 is 5.82 Å². The monoisotopic (exact) mass is 740 g/mol. The molecule has 3 aromatic rings. The van der Waals surface area contributed by atoms with Crippen molar-refractivity contribution in [1.82, 2.24) is 20.0 Å². The van der Waals surface area contributed by atoms with Crippen LogP contribution in [0.15, 0.2) is 47.3 Å². The molecule has 2 heterocycles. The van der Waals surface area contributed by atoms with Gasteiger partial charge in [0.1, 0.15) is 5.82 Å². The summed E-state index contributed by atoms with van der Waals surface area (Å²) >= 11 is 0. The first kappa shape index (κ1) is 37.8. The molecule has 9 heteroatoms. The number of benzene rings is 2. The van der Waals surface area contributed by atoms with Crippen molar-refractivity contribution < 1.29 is 19.0 Å². The number of H-pyrrole nitrogens is 1. The van der Waals surface area contributed by atoms with E-state index in [0.717, 1.165) is 86.5 Å². The molecule has 1 saturated heterocycles. The summed E-state index contributed by atoms with van der Waals surface area (Å²) in [5, 5.41) is 18.5. The van der Waals surface area contributed by atoms with Gasteiger partial charge in [-0.1, -0.05) is 51.0 Å². The van der Waals surface area contributed by atoms with Crippen LogP contribution in [0.25, 0.3) is 10.8 Å². The summed E-state index contributed by atoms with van der Waals surface area (Å²) in [7, 11) is 0. The topological polar surface area (TPSA) is 98.8 Å². The van der Waals surface area contributed by atoms with Gasteiger partial charge in [0.2, 0.25) is 0 Å². The van der Waals surface area contributed by atoms with Crippen molar-refractivity contribution in [1.29, 1.82) is 0 Å². The minimum absolute atomic E-state index is 0.0714. The van der Waals surface area contributed by atoms with E-state index in [0.29, 0.717) is 47.5 Å². The van der Waals surface area contributed by atoms with Gasteiger partial charge >= 0.3 is 0 Å². The number of ether oxygens (including phenoxy) is 1. The summed E-state index contributed by atoms with van der Waals surface area (Å²) < 4.78 is 21.7. The number of carbonyl (C=O) groups excluding carboxylic acids is 1. The molecule has 1 aromatic heterocycles. The largest absolute Gasteiger partial charge is 0.393 e. The van der Waals surface area contributed by atoms with Gasteiger partial charge in [-0.3, -0.25) is 14.5 Å². The molecule has 1 amide bonds. The van der Waals surface area contributed by atoms with E-state index in [1.165, 1.54) is 63.9 Å². The third-order valence-corrected chi connectivity index (χ3v) is 15.3. The molecule has 8 rings (SSSR count). The summed E-state index contributed by atoms with van der Waals surface area (Å²) in [6.07, 6.45) is 16.5. The van der Waals surface area contributed by atoms with E-state index in [1.807, 2.05) is 18.2 Å². The van der Waals surface area contributed by atoms with E-state index in [1.54, 1.807) is 23.1 Å². The second kappa shape index (κ2) is 15.8. The average molecular weight is 741 g/mol. The zero-order valence-electron chi connectivity index (χ0n) is 32.5. The quantitative estimate of drug-likeness (QED) is 0.195. The number of nitrogens with zero attached hydrogens (tertiary/aromatic N) is 3. The van der Waals surface area contributed by atoms with Crippen LogP contribution in [0.1, 0.15) is 119 Å². The van der Waals surface area contributed by atoms with Crippen LogP contribution in [0.3, 0.4) is 0 Å². The number of aliphatic hydroxyl groups excluding tert-OH is 1. The smallest absolute Gasteiger partial charge is 0.272 e. The van der Waals surface area contributed by atoms with Crippen LogP contribution < -0.4 is 5.56 Å². The van der Waals surface area contributed by atoms with Gasteiger partial charge in [0, 0.05) is 44.6 Å².